The molecule has 10 heavy (non-hydrogen) atoms. The minimum Gasteiger partial charge on any atom is -0.337 e. The van der Waals surface area contributed by atoms with Crippen LogP contribution in [0.2, 0.25) is 0 Å². The van der Waals surface area contributed by atoms with Gasteiger partial charge in [-0.3, -0.25) is 5.10 Å². The van der Waals surface area contributed by atoms with E-state index in [0.717, 1.165) is 5.56 Å². The van der Waals surface area contributed by atoms with Crippen LogP contribution in [0.4, 0.5) is 0 Å². The van der Waals surface area contributed by atoms with Crippen molar-refractivity contribution in [2.24, 2.45) is 0 Å². The summed E-state index contributed by atoms with van der Waals surface area (Å²) in [6.45, 7) is 0. The Morgan fingerprint density at radius 1 is 1.40 bits per heavy atom. The molecule has 5 heteroatoms. The molecule has 50 valence electrons. The van der Waals surface area contributed by atoms with Crippen molar-refractivity contribution >= 4 is 0 Å². The van der Waals surface area contributed by atoms with Crippen molar-refractivity contribution in [2.45, 2.75) is 0 Å². The highest BCUT2D eigenvalue weighted by Crippen LogP contribution is 2.13. The Labute approximate surface area is 56.0 Å². The Bertz CT molecular complexity index is 253. The number of nitrogens with zero attached hydrogens (tertiary/aromatic N) is 3. The maximum Gasteiger partial charge on any atom is 0.190 e. The highest BCUT2D eigenvalue weighted by molar-refractivity contribution is 5.52. The molecule has 2 heterocycles. The second-order valence-corrected chi connectivity index (χ2v) is 1.77. The second-order valence-electron chi connectivity index (χ2n) is 1.77. The monoisotopic (exact) mass is 136 g/mol. The summed E-state index contributed by atoms with van der Waals surface area (Å²) in [4.78, 5) is 0. The SMILES string of the molecule is c1n[nH]cc1-c1cnno1. The van der Waals surface area contributed by atoms with Crippen LogP contribution >= 0.6 is 0 Å². The first-order valence-electron chi connectivity index (χ1n) is 2.73. The molecular weight excluding hydrogens is 132 g/mol. The zero-order valence-electron chi connectivity index (χ0n) is 4.98. The Balaban J connectivity index is 2.48. The van der Waals surface area contributed by atoms with Crippen LogP contribution in [0, 0.1) is 0 Å². The van der Waals surface area contributed by atoms with Crippen molar-refractivity contribution in [2.75, 3.05) is 0 Å². The lowest BCUT2D eigenvalue weighted by molar-refractivity contribution is 0.403. The van der Waals surface area contributed by atoms with Crippen LogP contribution in [0.5, 0.6) is 0 Å². The largest absolute Gasteiger partial charge is 0.337 e. The van der Waals surface area contributed by atoms with Crippen LogP contribution in [-0.4, -0.2) is 20.6 Å². The smallest absolute Gasteiger partial charge is 0.190 e. The predicted molar refractivity (Wildman–Crippen MR) is 31.9 cm³/mol. The lowest BCUT2D eigenvalue weighted by atomic mass is 10.3. The van der Waals surface area contributed by atoms with Gasteiger partial charge >= 0.3 is 0 Å². The summed E-state index contributed by atoms with van der Waals surface area (Å²) in [5.74, 6) is 0.619. The topological polar surface area (TPSA) is 67.6 Å². The van der Waals surface area contributed by atoms with Crippen LogP contribution in [0.3, 0.4) is 0 Å². The molecule has 2 rings (SSSR count). The zero-order chi connectivity index (χ0) is 6.81. The van der Waals surface area contributed by atoms with E-state index in [4.69, 9.17) is 4.52 Å². The fourth-order valence-corrected chi connectivity index (χ4v) is 0.680. The Morgan fingerprint density at radius 2 is 2.40 bits per heavy atom. The van der Waals surface area contributed by atoms with E-state index in [1.807, 2.05) is 0 Å². The van der Waals surface area contributed by atoms with Crippen LogP contribution in [0.1, 0.15) is 0 Å². The van der Waals surface area contributed by atoms with E-state index in [2.05, 4.69) is 20.6 Å². The standard InChI is InChI=1S/C5H4N4O/c1-4(2-7-6-1)5-3-8-9-10-5/h1-3H,(H,6,7). The van der Waals surface area contributed by atoms with E-state index in [0.29, 0.717) is 5.76 Å². The van der Waals surface area contributed by atoms with Crippen molar-refractivity contribution in [1.29, 1.82) is 0 Å². The molecule has 0 atom stereocenters. The molecule has 0 saturated carbocycles. The summed E-state index contributed by atoms with van der Waals surface area (Å²) in [7, 11) is 0. The minimum absolute atomic E-state index is 0.619. The molecule has 0 amide bonds. The molecule has 0 aliphatic carbocycles. The van der Waals surface area contributed by atoms with E-state index >= 15 is 0 Å². The van der Waals surface area contributed by atoms with Gasteiger partial charge in [0.1, 0.15) is 0 Å². The average molecular weight is 136 g/mol. The molecule has 0 fully saturated rings. The molecule has 0 spiro atoms. The molecule has 2 aromatic heterocycles. The fourth-order valence-electron chi connectivity index (χ4n) is 0.680. The molecular formula is C5H4N4O. The number of hydrogen-bond acceptors (Lipinski definition) is 4. The molecule has 0 aromatic carbocycles. The molecule has 0 aliphatic rings. The van der Waals surface area contributed by atoms with Gasteiger partial charge in [-0.1, -0.05) is 0 Å². The Morgan fingerprint density at radius 3 is 3.00 bits per heavy atom. The van der Waals surface area contributed by atoms with Crippen molar-refractivity contribution < 1.29 is 4.52 Å². The minimum atomic E-state index is 0.619. The first kappa shape index (κ1) is 5.16. The van der Waals surface area contributed by atoms with Gasteiger partial charge in [0.25, 0.3) is 0 Å². The third-order valence-corrected chi connectivity index (χ3v) is 1.14. The van der Waals surface area contributed by atoms with Crippen LogP contribution in [0.25, 0.3) is 11.3 Å². The van der Waals surface area contributed by atoms with Gasteiger partial charge in [-0.05, 0) is 0 Å². The summed E-state index contributed by atoms with van der Waals surface area (Å²) in [5.41, 5.74) is 0.852. The summed E-state index contributed by atoms with van der Waals surface area (Å²) < 4.78 is 4.76. The molecule has 0 bridgehead atoms. The van der Waals surface area contributed by atoms with Crippen molar-refractivity contribution in [3.8, 4) is 11.3 Å². The van der Waals surface area contributed by atoms with Gasteiger partial charge < -0.3 is 4.52 Å². The summed E-state index contributed by atoms with van der Waals surface area (Å²) in [5, 5.41) is 13.2. The molecule has 1 N–H and O–H groups in total. The number of aromatic nitrogens is 4. The number of rotatable bonds is 1. The highest BCUT2D eigenvalue weighted by atomic mass is 16.5. The van der Waals surface area contributed by atoms with Gasteiger partial charge in [0.05, 0.1) is 18.0 Å². The third-order valence-electron chi connectivity index (χ3n) is 1.14. The summed E-state index contributed by atoms with van der Waals surface area (Å²) in [6, 6.07) is 0. The summed E-state index contributed by atoms with van der Waals surface area (Å²) >= 11 is 0. The maximum absolute atomic E-state index is 4.76. The zero-order valence-corrected chi connectivity index (χ0v) is 4.98. The maximum atomic E-state index is 4.76. The normalized spacial score (nSPS) is 10.0. The molecule has 5 nitrogen and oxygen atoms in total. The molecule has 0 unspecified atom stereocenters. The lowest BCUT2D eigenvalue weighted by Gasteiger charge is -1.79. The van der Waals surface area contributed by atoms with Crippen molar-refractivity contribution in [1.82, 2.24) is 20.6 Å². The lowest BCUT2D eigenvalue weighted by Crippen LogP contribution is -1.63. The van der Waals surface area contributed by atoms with Gasteiger partial charge in [0, 0.05) is 11.5 Å². The van der Waals surface area contributed by atoms with Crippen molar-refractivity contribution in [3.05, 3.63) is 18.6 Å². The van der Waals surface area contributed by atoms with Gasteiger partial charge in [0.2, 0.25) is 0 Å². The number of nitrogens with one attached hydrogen (secondary N) is 1. The van der Waals surface area contributed by atoms with Crippen LogP contribution in [0.15, 0.2) is 23.1 Å². The number of aromatic amines is 1. The van der Waals surface area contributed by atoms with Crippen LogP contribution < -0.4 is 0 Å². The third kappa shape index (κ3) is 0.680. The van der Waals surface area contributed by atoms with Gasteiger partial charge in [0.15, 0.2) is 5.76 Å². The average Bonchev–Trinajstić information content (AvgIpc) is 2.59. The van der Waals surface area contributed by atoms with E-state index in [-0.39, 0.29) is 0 Å². The molecule has 0 aliphatic heterocycles. The van der Waals surface area contributed by atoms with Crippen LogP contribution in [-0.2, 0) is 0 Å². The number of H-pyrrole nitrogens is 1. The predicted octanol–water partition coefficient (Wildman–Crippen LogP) is 0.460. The van der Waals surface area contributed by atoms with Gasteiger partial charge in [-0.15, -0.1) is 5.10 Å². The molecule has 2 aromatic rings. The van der Waals surface area contributed by atoms with Crippen molar-refractivity contribution in [3.63, 3.8) is 0 Å². The highest BCUT2D eigenvalue weighted by Gasteiger charge is 2.01. The quantitative estimate of drug-likeness (QED) is 0.618. The summed E-state index contributed by atoms with van der Waals surface area (Å²) in [6.07, 6.45) is 4.88. The van der Waals surface area contributed by atoms with E-state index in [9.17, 15) is 0 Å². The van der Waals surface area contributed by atoms with E-state index < -0.39 is 0 Å². The molecule has 0 saturated heterocycles. The Kier molecular flexibility index (Phi) is 1.00. The van der Waals surface area contributed by atoms with E-state index in [1.54, 1.807) is 12.4 Å². The van der Waals surface area contributed by atoms with Gasteiger partial charge in [-0.25, -0.2) is 0 Å². The second kappa shape index (κ2) is 1.94. The van der Waals surface area contributed by atoms with E-state index in [1.165, 1.54) is 6.20 Å². The van der Waals surface area contributed by atoms with Gasteiger partial charge in [-0.2, -0.15) is 5.10 Å². The Hall–Kier alpha value is -1.65. The first-order valence-corrected chi connectivity index (χ1v) is 2.73. The fraction of sp³-hybridized carbons (Fsp3) is 0. The molecule has 0 radical (unpaired) electrons. The first-order chi connectivity index (χ1) is 4.97. The number of hydrogen-bond donors (Lipinski definition) is 1.